The van der Waals surface area contributed by atoms with Crippen LogP contribution in [0.2, 0.25) is 0 Å². The van der Waals surface area contributed by atoms with Gasteiger partial charge in [0.1, 0.15) is 0 Å². The quantitative estimate of drug-likeness (QED) is 0.881. The summed E-state index contributed by atoms with van der Waals surface area (Å²) in [5, 5.41) is 13.3. The number of rotatable bonds is 4. The maximum Gasteiger partial charge on any atom is 0.252 e. The predicted octanol–water partition coefficient (Wildman–Crippen LogP) is 1.98. The van der Waals surface area contributed by atoms with Gasteiger partial charge in [0.25, 0.3) is 5.91 Å². The number of aliphatic hydroxyl groups excluding tert-OH is 1. The zero-order chi connectivity index (χ0) is 13.8. The Morgan fingerprint density at radius 3 is 2.84 bits per heavy atom. The van der Waals surface area contributed by atoms with Crippen molar-refractivity contribution in [1.82, 2.24) is 10.3 Å². The number of carbonyl (C=O) groups is 1. The molecule has 1 unspecified atom stereocenters. The molecule has 1 aromatic carbocycles. The minimum atomic E-state index is -0.531. The van der Waals surface area contributed by atoms with E-state index in [2.05, 4.69) is 10.3 Å². The Morgan fingerprint density at radius 1 is 1.32 bits per heavy atom. The summed E-state index contributed by atoms with van der Waals surface area (Å²) in [4.78, 5) is 16.4. The van der Waals surface area contributed by atoms with Crippen molar-refractivity contribution in [3.05, 3.63) is 42.1 Å². The van der Waals surface area contributed by atoms with Crippen LogP contribution in [0.5, 0.6) is 0 Å². The van der Waals surface area contributed by atoms with Crippen LogP contribution >= 0.6 is 0 Å². The zero-order valence-corrected chi connectivity index (χ0v) is 11.1. The zero-order valence-electron chi connectivity index (χ0n) is 11.1. The van der Waals surface area contributed by atoms with Crippen molar-refractivity contribution in [1.29, 1.82) is 0 Å². The first-order valence-electron chi connectivity index (χ1n) is 6.39. The van der Waals surface area contributed by atoms with Crippen molar-refractivity contribution >= 4 is 16.8 Å². The number of aliphatic hydroxyl groups is 1. The van der Waals surface area contributed by atoms with Gasteiger partial charge in [-0.1, -0.05) is 26.0 Å². The highest BCUT2D eigenvalue weighted by Gasteiger charge is 2.13. The largest absolute Gasteiger partial charge is 0.391 e. The third kappa shape index (κ3) is 3.09. The van der Waals surface area contributed by atoms with E-state index < -0.39 is 6.10 Å². The van der Waals surface area contributed by atoms with Crippen LogP contribution in [0.3, 0.4) is 0 Å². The molecule has 1 aromatic heterocycles. The Labute approximate surface area is 112 Å². The number of pyridine rings is 1. The van der Waals surface area contributed by atoms with Gasteiger partial charge in [-0.3, -0.25) is 9.78 Å². The Morgan fingerprint density at radius 2 is 2.11 bits per heavy atom. The highest BCUT2D eigenvalue weighted by Crippen LogP contribution is 2.16. The molecule has 1 atom stereocenters. The molecule has 0 saturated heterocycles. The van der Waals surface area contributed by atoms with Crippen molar-refractivity contribution < 1.29 is 9.90 Å². The van der Waals surface area contributed by atoms with Crippen LogP contribution in [0.1, 0.15) is 24.2 Å². The molecule has 0 radical (unpaired) electrons. The Balaban J connectivity index is 2.18. The molecule has 2 N–H and O–H groups in total. The normalized spacial score (nSPS) is 12.6. The highest BCUT2D eigenvalue weighted by atomic mass is 16.3. The van der Waals surface area contributed by atoms with Gasteiger partial charge in [-0.25, -0.2) is 0 Å². The maximum atomic E-state index is 12.1. The molecule has 4 heteroatoms. The lowest BCUT2D eigenvalue weighted by atomic mass is 10.1. The average Bonchev–Trinajstić information content (AvgIpc) is 2.43. The smallest absolute Gasteiger partial charge is 0.252 e. The molecule has 0 fully saturated rings. The number of amides is 1. The first kappa shape index (κ1) is 13.5. The van der Waals surface area contributed by atoms with Gasteiger partial charge in [-0.15, -0.1) is 0 Å². The molecule has 4 nitrogen and oxygen atoms in total. The molecular weight excluding hydrogens is 240 g/mol. The second-order valence-electron chi connectivity index (χ2n) is 4.90. The molecular formula is C15H18N2O2. The second-order valence-corrected chi connectivity index (χ2v) is 4.90. The maximum absolute atomic E-state index is 12.1. The van der Waals surface area contributed by atoms with E-state index in [0.717, 1.165) is 10.9 Å². The molecule has 0 aliphatic rings. The van der Waals surface area contributed by atoms with Crippen molar-refractivity contribution in [2.24, 2.45) is 5.92 Å². The molecule has 0 bridgehead atoms. The summed E-state index contributed by atoms with van der Waals surface area (Å²) in [5.41, 5.74) is 1.38. The summed E-state index contributed by atoms with van der Waals surface area (Å²) in [6, 6.07) is 9.12. The number of nitrogens with one attached hydrogen (secondary N) is 1. The number of aromatic nitrogens is 1. The average molecular weight is 258 g/mol. The van der Waals surface area contributed by atoms with Crippen molar-refractivity contribution in [2.45, 2.75) is 20.0 Å². The molecule has 0 aliphatic heterocycles. The summed E-state index contributed by atoms with van der Waals surface area (Å²) in [5.74, 6) is -0.0622. The van der Waals surface area contributed by atoms with E-state index in [4.69, 9.17) is 0 Å². The van der Waals surface area contributed by atoms with Crippen LogP contribution in [0, 0.1) is 5.92 Å². The monoisotopic (exact) mass is 258 g/mol. The minimum Gasteiger partial charge on any atom is -0.391 e. The molecule has 0 saturated carbocycles. The molecule has 1 amide bonds. The molecule has 2 rings (SSSR count). The van der Waals surface area contributed by atoms with Crippen molar-refractivity contribution in [3.8, 4) is 0 Å². The van der Waals surface area contributed by atoms with Crippen molar-refractivity contribution in [3.63, 3.8) is 0 Å². The Hall–Kier alpha value is -1.94. The first-order chi connectivity index (χ1) is 9.09. The fourth-order valence-corrected chi connectivity index (χ4v) is 1.83. The first-order valence-corrected chi connectivity index (χ1v) is 6.39. The number of nitrogens with zero attached hydrogens (tertiary/aromatic N) is 1. The van der Waals surface area contributed by atoms with E-state index in [1.54, 1.807) is 12.3 Å². The van der Waals surface area contributed by atoms with Gasteiger partial charge >= 0.3 is 0 Å². The molecule has 0 spiro atoms. The summed E-state index contributed by atoms with van der Waals surface area (Å²) in [7, 11) is 0. The third-order valence-electron chi connectivity index (χ3n) is 3.13. The number of hydrogen-bond acceptors (Lipinski definition) is 3. The molecule has 0 aliphatic carbocycles. The summed E-state index contributed by atoms with van der Waals surface area (Å²) in [6.45, 7) is 4.09. The number of fused-ring (bicyclic) bond motifs is 1. The Bertz CT molecular complexity index is 576. The summed E-state index contributed by atoms with van der Waals surface area (Å²) in [6.07, 6.45) is 1.17. The fourth-order valence-electron chi connectivity index (χ4n) is 1.83. The van der Waals surface area contributed by atoms with Crippen molar-refractivity contribution in [2.75, 3.05) is 6.54 Å². The van der Waals surface area contributed by atoms with Crippen LogP contribution in [0.15, 0.2) is 36.5 Å². The lowest BCUT2D eigenvalue weighted by molar-refractivity contribution is 0.0873. The lowest BCUT2D eigenvalue weighted by Gasteiger charge is -2.15. The van der Waals surface area contributed by atoms with Crippen LogP contribution in [0.4, 0.5) is 0 Å². The van der Waals surface area contributed by atoms with E-state index in [1.165, 1.54) is 0 Å². The summed E-state index contributed by atoms with van der Waals surface area (Å²) < 4.78 is 0. The van der Waals surface area contributed by atoms with Gasteiger partial charge in [-0.05, 0) is 24.1 Å². The van der Waals surface area contributed by atoms with Gasteiger partial charge < -0.3 is 10.4 Å². The van der Waals surface area contributed by atoms with Crippen LogP contribution in [-0.4, -0.2) is 28.6 Å². The second kappa shape index (κ2) is 5.80. The number of carbonyl (C=O) groups excluding carboxylic acids is 1. The standard InChI is InChI=1S/C15H18N2O2/c1-10(2)14(18)9-17-15(19)12-5-3-7-13-11(12)6-4-8-16-13/h3-8,10,14,18H,9H2,1-2H3,(H,17,19). The predicted molar refractivity (Wildman–Crippen MR) is 74.9 cm³/mol. The van der Waals surface area contributed by atoms with E-state index in [9.17, 15) is 9.90 Å². The van der Waals surface area contributed by atoms with Gasteiger partial charge in [-0.2, -0.15) is 0 Å². The lowest BCUT2D eigenvalue weighted by Crippen LogP contribution is -2.34. The minimum absolute atomic E-state index is 0.120. The molecule has 100 valence electrons. The van der Waals surface area contributed by atoms with Crippen LogP contribution in [-0.2, 0) is 0 Å². The van der Waals surface area contributed by atoms with Crippen LogP contribution in [0.25, 0.3) is 10.9 Å². The van der Waals surface area contributed by atoms with E-state index in [0.29, 0.717) is 5.56 Å². The molecule has 2 aromatic rings. The van der Waals surface area contributed by atoms with E-state index >= 15 is 0 Å². The highest BCUT2D eigenvalue weighted by molar-refractivity contribution is 6.06. The summed E-state index contributed by atoms with van der Waals surface area (Å²) >= 11 is 0. The van der Waals surface area contributed by atoms with Gasteiger partial charge in [0.15, 0.2) is 0 Å². The van der Waals surface area contributed by atoms with E-state index in [-0.39, 0.29) is 18.4 Å². The fraction of sp³-hybridized carbons (Fsp3) is 0.333. The molecule has 19 heavy (non-hydrogen) atoms. The Kier molecular flexibility index (Phi) is 4.12. The third-order valence-corrected chi connectivity index (χ3v) is 3.13. The number of benzene rings is 1. The molecule has 1 heterocycles. The van der Waals surface area contributed by atoms with Gasteiger partial charge in [0.2, 0.25) is 0 Å². The SMILES string of the molecule is CC(C)C(O)CNC(=O)c1cccc2ncccc12. The van der Waals surface area contributed by atoms with E-state index in [1.807, 2.05) is 38.1 Å². The van der Waals surface area contributed by atoms with Gasteiger partial charge in [0.05, 0.1) is 11.6 Å². The van der Waals surface area contributed by atoms with Crippen LogP contribution < -0.4 is 5.32 Å². The number of hydrogen-bond donors (Lipinski definition) is 2. The topological polar surface area (TPSA) is 62.2 Å². The van der Waals surface area contributed by atoms with Gasteiger partial charge in [0, 0.05) is 23.7 Å².